The van der Waals surface area contributed by atoms with Crippen molar-refractivity contribution in [3.63, 3.8) is 0 Å². The molecule has 3 aromatic rings. The summed E-state index contributed by atoms with van der Waals surface area (Å²) in [5, 5.41) is 0.814. The van der Waals surface area contributed by atoms with Gasteiger partial charge in [-0.25, -0.2) is 4.98 Å². The SMILES string of the molecule is C[C@@H](c1nc2ccccc2s1)N(C)C(=O)CN1C(=O)c2ccccc2C1=O. The van der Waals surface area contributed by atoms with Gasteiger partial charge >= 0.3 is 0 Å². The Bertz CT molecular complexity index is 1010. The van der Waals surface area contributed by atoms with Crippen molar-refractivity contribution in [2.24, 2.45) is 0 Å². The third kappa shape index (κ3) is 2.90. The standard InChI is InChI=1S/C20H17N3O3S/c1-12(18-21-15-9-5-6-10-16(15)27-18)22(2)17(24)11-23-19(25)13-7-3-4-8-14(13)20(23)26/h3-10,12H,11H2,1-2H3/t12-/m0/s1. The third-order valence-corrected chi connectivity index (χ3v) is 6.02. The second-order valence-electron chi connectivity index (χ2n) is 6.44. The minimum absolute atomic E-state index is 0.259. The number of nitrogens with zero attached hydrogens (tertiary/aromatic N) is 3. The van der Waals surface area contributed by atoms with Crippen molar-refractivity contribution in [2.45, 2.75) is 13.0 Å². The Hall–Kier alpha value is -3.06. The quantitative estimate of drug-likeness (QED) is 0.653. The van der Waals surface area contributed by atoms with Gasteiger partial charge in [-0.05, 0) is 31.2 Å². The van der Waals surface area contributed by atoms with Crippen molar-refractivity contribution in [3.8, 4) is 0 Å². The van der Waals surface area contributed by atoms with E-state index in [0.717, 1.165) is 20.1 Å². The summed E-state index contributed by atoms with van der Waals surface area (Å²) in [5.41, 5.74) is 1.58. The minimum atomic E-state index is -0.426. The first kappa shape index (κ1) is 17.4. The molecule has 0 fully saturated rings. The van der Waals surface area contributed by atoms with Crippen molar-refractivity contribution < 1.29 is 14.4 Å². The van der Waals surface area contributed by atoms with Crippen molar-refractivity contribution >= 4 is 39.3 Å². The lowest BCUT2D eigenvalue weighted by molar-refractivity contribution is -0.132. The Labute approximate surface area is 160 Å². The molecular formula is C20H17N3O3S. The van der Waals surface area contributed by atoms with E-state index in [-0.39, 0.29) is 18.5 Å². The van der Waals surface area contributed by atoms with Crippen molar-refractivity contribution in [1.82, 2.24) is 14.8 Å². The number of amides is 3. The zero-order valence-electron chi connectivity index (χ0n) is 14.9. The Balaban J connectivity index is 1.51. The van der Waals surface area contributed by atoms with Crippen LogP contribution in [0.5, 0.6) is 0 Å². The molecule has 0 N–H and O–H groups in total. The zero-order chi connectivity index (χ0) is 19.1. The summed E-state index contributed by atoms with van der Waals surface area (Å²) in [5.74, 6) is -1.16. The van der Waals surface area contributed by atoms with Crippen LogP contribution in [0.4, 0.5) is 0 Å². The van der Waals surface area contributed by atoms with E-state index in [1.807, 2.05) is 31.2 Å². The lowest BCUT2D eigenvalue weighted by Crippen LogP contribution is -2.42. The molecule has 0 radical (unpaired) electrons. The molecule has 6 nitrogen and oxygen atoms in total. The van der Waals surface area contributed by atoms with Crippen molar-refractivity contribution in [1.29, 1.82) is 0 Å². The van der Waals surface area contributed by atoms with Crippen LogP contribution in [0.25, 0.3) is 10.2 Å². The number of hydrogen-bond acceptors (Lipinski definition) is 5. The number of likely N-dealkylation sites (N-methyl/N-ethyl adjacent to an activating group) is 1. The van der Waals surface area contributed by atoms with Gasteiger partial charge in [0.1, 0.15) is 11.6 Å². The highest BCUT2D eigenvalue weighted by atomic mass is 32.1. The van der Waals surface area contributed by atoms with Crippen LogP contribution in [0.3, 0.4) is 0 Å². The molecule has 27 heavy (non-hydrogen) atoms. The zero-order valence-corrected chi connectivity index (χ0v) is 15.7. The number of thiazole rings is 1. The summed E-state index contributed by atoms with van der Waals surface area (Å²) >= 11 is 1.53. The van der Waals surface area contributed by atoms with Gasteiger partial charge in [-0.3, -0.25) is 19.3 Å². The summed E-state index contributed by atoms with van der Waals surface area (Å²) in [6.07, 6.45) is 0. The van der Waals surface area contributed by atoms with Crippen molar-refractivity contribution in [3.05, 3.63) is 64.7 Å². The molecule has 0 unspecified atom stereocenters. The first-order valence-corrected chi connectivity index (χ1v) is 9.35. The second-order valence-corrected chi connectivity index (χ2v) is 7.50. The van der Waals surface area contributed by atoms with E-state index in [0.29, 0.717) is 11.1 Å². The fraction of sp³-hybridized carbons (Fsp3) is 0.200. The topological polar surface area (TPSA) is 70.6 Å². The van der Waals surface area contributed by atoms with E-state index < -0.39 is 11.8 Å². The van der Waals surface area contributed by atoms with Crippen LogP contribution in [-0.2, 0) is 4.79 Å². The fourth-order valence-electron chi connectivity index (χ4n) is 3.08. The van der Waals surface area contributed by atoms with Gasteiger partial charge in [0.05, 0.1) is 27.4 Å². The highest BCUT2D eigenvalue weighted by molar-refractivity contribution is 7.18. The molecule has 0 saturated heterocycles. The minimum Gasteiger partial charge on any atom is -0.335 e. The molecule has 0 aliphatic carbocycles. The maximum Gasteiger partial charge on any atom is 0.262 e. The number of benzene rings is 2. The number of hydrogen-bond donors (Lipinski definition) is 0. The smallest absolute Gasteiger partial charge is 0.262 e. The van der Waals surface area contributed by atoms with Crippen molar-refractivity contribution in [2.75, 3.05) is 13.6 Å². The van der Waals surface area contributed by atoms with Gasteiger partial charge in [-0.1, -0.05) is 24.3 Å². The maximum atomic E-state index is 12.7. The molecule has 1 aliphatic rings. The average Bonchev–Trinajstić information content (AvgIpc) is 3.22. The second kappa shape index (κ2) is 6.59. The molecular weight excluding hydrogens is 362 g/mol. The van der Waals surface area contributed by atoms with Gasteiger partial charge in [0.2, 0.25) is 5.91 Å². The normalized spacial score (nSPS) is 14.5. The first-order valence-electron chi connectivity index (χ1n) is 8.53. The van der Waals surface area contributed by atoms with Gasteiger partial charge in [0, 0.05) is 7.05 Å². The predicted molar refractivity (Wildman–Crippen MR) is 103 cm³/mol. The Morgan fingerprint density at radius 3 is 2.30 bits per heavy atom. The summed E-state index contributed by atoms with van der Waals surface area (Å²) in [6.45, 7) is 1.61. The molecule has 0 bridgehead atoms. The maximum absolute atomic E-state index is 12.7. The number of fused-ring (bicyclic) bond motifs is 2. The fourth-order valence-corrected chi connectivity index (χ4v) is 4.14. The molecule has 136 valence electrons. The highest BCUT2D eigenvalue weighted by Crippen LogP contribution is 2.29. The van der Waals surface area contributed by atoms with Crippen LogP contribution < -0.4 is 0 Å². The van der Waals surface area contributed by atoms with Crippen LogP contribution in [0.1, 0.15) is 38.7 Å². The monoisotopic (exact) mass is 379 g/mol. The molecule has 4 rings (SSSR count). The van der Waals surface area contributed by atoms with Gasteiger partial charge < -0.3 is 4.90 Å². The highest BCUT2D eigenvalue weighted by Gasteiger charge is 2.37. The number of carbonyl (C=O) groups excluding carboxylic acids is 3. The number of para-hydroxylation sites is 1. The Morgan fingerprint density at radius 2 is 1.67 bits per heavy atom. The summed E-state index contributed by atoms with van der Waals surface area (Å²) in [6, 6.07) is 14.2. The molecule has 3 amide bonds. The van der Waals surface area contributed by atoms with Gasteiger partial charge in [-0.15, -0.1) is 11.3 Å². The summed E-state index contributed by atoms with van der Waals surface area (Å²) in [7, 11) is 1.66. The molecule has 1 aliphatic heterocycles. The van der Waals surface area contributed by atoms with Crippen LogP contribution in [0.15, 0.2) is 48.5 Å². The van der Waals surface area contributed by atoms with E-state index in [1.165, 1.54) is 16.2 Å². The molecule has 1 aromatic heterocycles. The van der Waals surface area contributed by atoms with E-state index in [4.69, 9.17) is 0 Å². The number of aromatic nitrogens is 1. The van der Waals surface area contributed by atoms with Gasteiger partial charge in [0.25, 0.3) is 11.8 Å². The molecule has 0 saturated carbocycles. The Morgan fingerprint density at radius 1 is 1.07 bits per heavy atom. The van der Waals surface area contributed by atoms with E-state index in [1.54, 1.807) is 31.3 Å². The number of carbonyl (C=O) groups is 3. The van der Waals surface area contributed by atoms with E-state index >= 15 is 0 Å². The largest absolute Gasteiger partial charge is 0.335 e. The third-order valence-electron chi connectivity index (χ3n) is 4.81. The Kier molecular flexibility index (Phi) is 4.24. The van der Waals surface area contributed by atoms with E-state index in [2.05, 4.69) is 4.98 Å². The molecule has 7 heteroatoms. The predicted octanol–water partition coefficient (Wildman–Crippen LogP) is 3.11. The lowest BCUT2D eigenvalue weighted by atomic mass is 10.1. The van der Waals surface area contributed by atoms with Crippen LogP contribution in [-0.4, -0.2) is 46.1 Å². The average molecular weight is 379 g/mol. The lowest BCUT2D eigenvalue weighted by Gasteiger charge is -2.25. The van der Waals surface area contributed by atoms with Gasteiger partial charge in [-0.2, -0.15) is 0 Å². The number of imide groups is 1. The molecule has 2 heterocycles. The summed E-state index contributed by atoms with van der Waals surface area (Å²) < 4.78 is 1.06. The molecule has 1 atom stereocenters. The first-order chi connectivity index (χ1) is 13.0. The number of rotatable bonds is 4. The molecule has 2 aromatic carbocycles. The molecule has 0 spiro atoms. The van der Waals surface area contributed by atoms with E-state index in [9.17, 15) is 14.4 Å². The van der Waals surface area contributed by atoms with Crippen LogP contribution in [0.2, 0.25) is 0 Å². The van der Waals surface area contributed by atoms with Crippen LogP contribution in [0, 0.1) is 0 Å². The summed E-state index contributed by atoms with van der Waals surface area (Å²) in [4.78, 5) is 44.7. The van der Waals surface area contributed by atoms with Gasteiger partial charge in [0.15, 0.2) is 0 Å². The van der Waals surface area contributed by atoms with Crippen LogP contribution >= 0.6 is 11.3 Å².